The van der Waals surface area contributed by atoms with Gasteiger partial charge in [0.1, 0.15) is 11.6 Å². The fraction of sp³-hybridized carbons (Fsp3) is 0.417. The molecule has 0 spiro atoms. The van der Waals surface area contributed by atoms with Gasteiger partial charge >= 0.3 is 0 Å². The van der Waals surface area contributed by atoms with Crippen LogP contribution >= 0.6 is 0 Å². The van der Waals surface area contributed by atoms with Crippen molar-refractivity contribution in [1.29, 1.82) is 5.26 Å². The Morgan fingerprint density at radius 2 is 1.83 bits per heavy atom. The number of aliphatic hydroxyl groups excluding tert-OH is 1. The Hall–Kier alpha value is -2.88. The van der Waals surface area contributed by atoms with E-state index in [9.17, 15) is 10.1 Å². The van der Waals surface area contributed by atoms with E-state index in [1.807, 2.05) is 25.1 Å². The van der Waals surface area contributed by atoms with E-state index in [0.29, 0.717) is 12.1 Å². The molecule has 1 heterocycles. The second-order valence-electron chi connectivity index (χ2n) is 8.15. The SMILES string of the molecule is C/C(=C(/C#N)C(=O)NCC(C)CO)c1ccc2cc(N3CCN(C)CC3)ccc2c1. The fourth-order valence-corrected chi connectivity index (χ4v) is 3.60. The molecule has 1 atom stereocenters. The van der Waals surface area contributed by atoms with Crippen LogP contribution in [-0.4, -0.2) is 62.3 Å². The van der Waals surface area contributed by atoms with E-state index in [1.54, 1.807) is 6.92 Å². The number of allylic oxidation sites excluding steroid dienone is 1. The molecule has 6 nitrogen and oxygen atoms in total. The van der Waals surface area contributed by atoms with E-state index in [-0.39, 0.29) is 18.1 Å². The summed E-state index contributed by atoms with van der Waals surface area (Å²) in [4.78, 5) is 17.2. The number of anilines is 1. The second kappa shape index (κ2) is 9.75. The molecule has 1 aliphatic heterocycles. The molecule has 0 saturated carbocycles. The average molecular weight is 407 g/mol. The number of benzene rings is 2. The van der Waals surface area contributed by atoms with Gasteiger partial charge in [0, 0.05) is 45.0 Å². The summed E-state index contributed by atoms with van der Waals surface area (Å²) in [5, 5.41) is 23.6. The van der Waals surface area contributed by atoms with Crippen LogP contribution in [0.2, 0.25) is 0 Å². The molecule has 2 aromatic rings. The first-order valence-corrected chi connectivity index (χ1v) is 10.4. The summed E-state index contributed by atoms with van der Waals surface area (Å²) in [6, 6.07) is 14.5. The van der Waals surface area contributed by atoms with Crippen LogP contribution < -0.4 is 10.2 Å². The number of rotatable bonds is 6. The summed E-state index contributed by atoms with van der Waals surface area (Å²) >= 11 is 0. The zero-order chi connectivity index (χ0) is 21.7. The minimum absolute atomic E-state index is 0.00828. The third-order valence-electron chi connectivity index (χ3n) is 5.76. The summed E-state index contributed by atoms with van der Waals surface area (Å²) in [5.41, 5.74) is 2.84. The van der Waals surface area contributed by atoms with Gasteiger partial charge in [-0.15, -0.1) is 0 Å². The number of amides is 1. The number of nitriles is 1. The maximum absolute atomic E-state index is 12.4. The number of piperazine rings is 1. The van der Waals surface area contributed by atoms with E-state index in [0.717, 1.165) is 42.5 Å². The van der Waals surface area contributed by atoms with Gasteiger partial charge in [-0.3, -0.25) is 4.79 Å². The van der Waals surface area contributed by atoms with Gasteiger partial charge in [0.2, 0.25) is 0 Å². The van der Waals surface area contributed by atoms with Crippen molar-refractivity contribution in [2.75, 3.05) is 51.3 Å². The Morgan fingerprint density at radius 3 is 2.50 bits per heavy atom. The van der Waals surface area contributed by atoms with Gasteiger partial charge in [-0.2, -0.15) is 5.26 Å². The highest BCUT2D eigenvalue weighted by molar-refractivity contribution is 6.05. The smallest absolute Gasteiger partial charge is 0.262 e. The minimum Gasteiger partial charge on any atom is -0.396 e. The number of nitrogens with zero attached hydrogens (tertiary/aromatic N) is 3. The molecule has 30 heavy (non-hydrogen) atoms. The molecule has 0 bridgehead atoms. The van der Waals surface area contributed by atoms with Crippen molar-refractivity contribution in [2.45, 2.75) is 13.8 Å². The monoisotopic (exact) mass is 406 g/mol. The summed E-state index contributed by atoms with van der Waals surface area (Å²) in [6.07, 6.45) is 0. The average Bonchev–Trinajstić information content (AvgIpc) is 2.77. The molecule has 0 aliphatic carbocycles. The van der Waals surface area contributed by atoms with Crippen molar-refractivity contribution >= 4 is 27.9 Å². The lowest BCUT2D eigenvalue weighted by Gasteiger charge is -2.34. The molecule has 6 heteroatoms. The first-order chi connectivity index (χ1) is 14.4. The second-order valence-corrected chi connectivity index (χ2v) is 8.15. The summed E-state index contributed by atoms with van der Waals surface area (Å²) in [7, 11) is 2.15. The number of carbonyl (C=O) groups is 1. The van der Waals surface area contributed by atoms with Gasteiger partial charge in [-0.1, -0.05) is 25.1 Å². The highest BCUT2D eigenvalue weighted by Gasteiger charge is 2.16. The van der Waals surface area contributed by atoms with Gasteiger partial charge in [0.15, 0.2) is 0 Å². The van der Waals surface area contributed by atoms with E-state index >= 15 is 0 Å². The number of fused-ring (bicyclic) bond motifs is 1. The van der Waals surface area contributed by atoms with Crippen molar-refractivity contribution in [3.8, 4) is 6.07 Å². The van der Waals surface area contributed by atoms with Crippen LogP contribution in [-0.2, 0) is 4.79 Å². The van der Waals surface area contributed by atoms with Crippen molar-refractivity contribution in [3.05, 3.63) is 47.5 Å². The number of hydrogen-bond donors (Lipinski definition) is 2. The molecule has 3 rings (SSSR count). The van der Waals surface area contributed by atoms with Gasteiger partial charge < -0.3 is 20.2 Å². The lowest BCUT2D eigenvalue weighted by molar-refractivity contribution is -0.117. The Kier molecular flexibility index (Phi) is 7.09. The highest BCUT2D eigenvalue weighted by Crippen LogP contribution is 2.27. The first-order valence-electron chi connectivity index (χ1n) is 10.4. The molecule has 2 N–H and O–H groups in total. The molecular weight excluding hydrogens is 376 g/mol. The molecule has 1 amide bonds. The third-order valence-corrected chi connectivity index (χ3v) is 5.76. The summed E-state index contributed by atoms with van der Waals surface area (Å²) in [5.74, 6) is -0.454. The maximum Gasteiger partial charge on any atom is 0.262 e. The van der Waals surface area contributed by atoms with Gasteiger partial charge in [-0.05, 0) is 60.0 Å². The Bertz CT molecular complexity index is 984. The standard InChI is InChI=1S/C24H30N4O2/c1-17(16-29)15-26-24(30)23(14-25)18(2)19-4-5-21-13-22(7-6-20(21)12-19)28-10-8-27(3)9-11-28/h4-7,12-13,17,29H,8-11,15-16H2,1-3H3,(H,26,30)/b23-18+. The number of likely N-dealkylation sites (N-methyl/N-ethyl adjacent to an activating group) is 1. The van der Waals surface area contributed by atoms with Crippen LogP contribution in [0.4, 0.5) is 5.69 Å². The van der Waals surface area contributed by atoms with Crippen LogP contribution in [0.5, 0.6) is 0 Å². The topological polar surface area (TPSA) is 79.6 Å². The van der Waals surface area contributed by atoms with Gasteiger partial charge in [0.05, 0.1) is 0 Å². The Morgan fingerprint density at radius 1 is 1.17 bits per heavy atom. The largest absolute Gasteiger partial charge is 0.396 e. The number of nitrogens with one attached hydrogen (secondary N) is 1. The normalized spacial score (nSPS) is 16.7. The molecule has 1 aliphatic rings. The molecule has 1 unspecified atom stereocenters. The van der Waals surface area contributed by atoms with Crippen molar-refractivity contribution in [1.82, 2.24) is 10.2 Å². The van der Waals surface area contributed by atoms with Crippen LogP contribution in [0, 0.1) is 17.2 Å². The quantitative estimate of drug-likeness (QED) is 0.570. The lowest BCUT2D eigenvalue weighted by Crippen LogP contribution is -2.44. The van der Waals surface area contributed by atoms with Gasteiger partial charge in [-0.25, -0.2) is 0 Å². The van der Waals surface area contributed by atoms with Crippen molar-refractivity contribution in [2.24, 2.45) is 5.92 Å². The lowest BCUT2D eigenvalue weighted by atomic mass is 9.98. The molecule has 1 saturated heterocycles. The highest BCUT2D eigenvalue weighted by atomic mass is 16.3. The first kappa shape index (κ1) is 21.8. The molecule has 2 aromatic carbocycles. The number of carbonyl (C=O) groups excluding carboxylic acids is 1. The summed E-state index contributed by atoms with van der Waals surface area (Å²) < 4.78 is 0. The van der Waals surface area contributed by atoms with Crippen LogP contribution in [0.1, 0.15) is 19.4 Å². The zero-order valence-corrected chi connectivity index (χ0v) is 18.0. The van der Waals surface area contributed by atoms with Crippen LogP contribution in [0.25, 0.3) is 16.3 Å². The van der Waals surface area contributed by atoms with E-state index in [2.05, 4.69) is 46.4 Å². The molecule has 1 fully saturated rings. The number of aliphatic hydroxyl groups is 1. The van der Waals surface area contributed by atoms with Crippen molar-refractivity contribution in [3.63, 3.8) is 0 Å². The Balaban J connectivity index is 1.83. The fourth-order valence-electron chi connectivity index (χ4n) is 3.60. The predicted octanol–water partition coefficient (Wildman–Crippen LogP) is 2.63. The van der Waals surface area contributed by atoms with E-state index < -0.39 is 5.91 Å². The maximum atomic E-state index is 12.4. The zero-order valence-electron chi connectivity index (χ0n) is 18.0. The van der Waals surface area contributed by atoms with E-state index in [4.69, 9.17) is 5.11 Å². The minimum atomic E-state index is -0.402. The molecular formula is C24H30N4O2. The van der Waals surface area contributed by atoms with E-state index in [1.165, 1.54) is 5.69 Å². The third kappa shape index (κ3) is 4.99. The Labute approximate surface area is 178 Å². The van der Waals surface area contributed by atoms with Crippen molar-refractivity contribution < 1.29 is 9.90 Å². The molecule has 158 valence electrons. The van der Waals surface area contributed by atoms with Crippen LogP contribution in [0.3, 0.4) is 0 Å². The molecule has 0 radical (unpaired) electrons. The molecule has 0 aromatic heterocycles. The van der Waals surface area contributed by atoms with Gasteiger partial charge in [0.25, 0.3) is 5.91 Å². The number of hydrogen-bond acceptors (Lipinski definition) is 5. The van der Waals surface area contributed by atoms with Crippen LogP contribution in [0.15, 0.2) is 42.0 Å². The summed E-state index contributed by atoms with van der Waals surface area (Å²) in [6.45, 7) is 8.14. The predicted molar refractivity (Wildman–Crippen MR) is 121 cm³/mol.